The van der Waals surface area contributed by atoms with Gasteiger partial charge in [0.05, 0.1) is 31.2 Å². The van der Waals surface area contributed by atoms with Crippen LogP contribution in [-0.4, -0.2) is 47.6 Å². The summed E-state index contributed by atoms with van der Waals surface area (Å²) in [6.07, 6.45) is -2.80. The first-order chi connectivity index (χ1) is 14.5. The van der Waals surface area contributed by atoms with E-state index in [-0.39, 0.29) is 29.7 Å². The van der Waals surface area contributed by atoms with Crippen molar-refractivity contribution in [2.45, 2.75) is 25.6 Å². The van der Waals surface area contributed by atoms with Crippen molar-refractivity contribution in [1.29, 1.82) is 0 Å². The second kappa shape index (κ2) is 8.28. The molecule has 8 nitrogen and oxygen atoms in total. The number of hydrogen-bond donors (Lipinski definition) is 2. The summed E-state index contributed by atoms with van der Waals surface area (Å²) in [5.41, 5.74) is -1.55. The number of aliphatic imine (C=N–C) groups is 1. The third kappa shape index (κ3) is 4.78. The van der Waals surface area contributed by atoms with Gasteiger partial charge in [0.1, 0.15) is 11.6 Å². The van der Waals surface area contributed by atoms with Crippen molar-refractivity contribution >= 4 is 23.9 Å². The zero-order valence-corrected chi connectivity index (χ0v) is 16.7. The minimum Gasteiger partial charge on any atom is -0.478 e. The van der Waals surface area contributed by atoms with Crippen LogP contribution in [0.2, 0.25) is 0 Å². The molecule has 1 aliphatic rings. The van der Waals surface area contributed by atoms with E-state index >= 15 is 0 Å². The smallest absolute Gasteiger partial charge is 0.427 e. The van der Waals surface area contributed by atoms with Gasteiger partial charge in [-0.25, -0.2) is 14.1 Å². The number of halogens is 4. The van der Waals surface area contributed by atoms with Gasteiger partial charge in [0.25, 0.3) is 6.02 Å². The van der Waals surface area contributed by atoms with Gasteiger partial charge in [-0.3, -0.25) is 4.79 Å². The Morgan fingerprint density at radius 2 is 1.97 bits per heavy atom. The van der Waals surface area contributed by atoms with Gasteiger partial charge in [0, 0.05) is 17.7 Å². The number of hydrogen-bond acceptors (Lipinski definition) is 6. The molecule has 3 rings (SSSR count). The van der Waals surface area contributed by atoms with Crippen molar-refractivity contribution in [3.05, 3.63) is 36.3 Å². The summed E-state index contributed by atoms with van der Waals surface area (Å²) in [6.45, 7) is 1.93. The topological polar surface area (TPSA) is 89.8 Å². The molecule has 1 aromatic heterocycles. The molecule has 1 amide bonds. The molecule has 0 fully saturated rings. The molecule has 0 radical (unpaired) electrons. The van der Waals surface area contributed by atoms with Gasteiger partial charge in [0.2, 0.25) is 6.41 Å². The molecule has 166 valence electrons. The van der Waals surface area contributed by atoms with E-state index in [1.807, 2.05) is 0 Å². The zero-order chi connectivity index (χ0) is 22.8. The van der Waals surface area contributed by atoms with E-state index < -0.39 is 17.6 Å². The molecule has 12 heteroatoms. The molecule has 0 atom stereocenters. The van der Waals surface area contributed by atoms with Crippen LogP contribution in [0.25, 0.3) is 17.0 Å². The number of benzene rings is 1. The van der Waals surface area contributed by atoms with Crippen molar-refractivity contribution in [3.63, 3.8) is 0 Å². The number of carbonyl (C=O) groups is 1. The highest BCUT2D eigenvalue weighted by molar-refractivity contribution is 5.80. The second-order valence-corrected chi connectivity index (χ2v) is 6.99. The summed E-state index contributed by atoms with van der Waals surface area (Å²) >= 11 is 0. The number of nitrogens with zero attached hydrogens (tertiary/aromatic N) is 3. The van der Waals surface area contributed by atoms with Crippen LogP contribution in [0, 0.1) is 5.82 Å². The Labute approximate surface area is 174 Å². The number of methoxy groups -OCH3 is 1. The van der Waals surface area contributed by atoms with Crippen LogP contribution in [0.15, 0.2) is 35.5 Å². The highest BCUT2D eigenvalue weighted by Crippen LogP contribution is 2.36. The van der Waals surface area contributed by atoms with E-state index in [0.717, 1.165) is 26.0 Å². The fourth-order valence-electron chi connectivity index (χ4n) is 2.70. The average Bonchev–Trinajstić information content (AvgIpc) is 3.10. The molecule has 0 aliphatic carbocycles. The Balaban J connectivity index is 2.06. The summed E-state index contributed by atoms with van der Waals surface area (Å²) in [5, 5.41) is 9.52. The monoisotopic (exact) mass is 441 g/mol. The lowest BCUT2D eigenvalue weighted by Crippen LogP contribution is -2.44. The lowest BCUT2D eigenvalue weighted by atomic mass is 10.1. The van der Waals surface area contributed by atoms with Crippen LogP contribution in [0.4, 0.5) is 23.4 Å². The fraction of sp³-hybridized carbons (Fsp3) is 0.316. The van der Waals surface area contributed by atoms with Crippen molar-refractivity contribution in [1.82, 2.24) is 15.1 Å². The first kappa shape index (κ1) is 22.1. The molecule has 31 heavy (non-hydrogen) atoms. The van der Waals surface area contributed by atoms with Crippen molar-refractivity contribution in [3.8, 4) is 17.0 Å². The Hall–Kier alpha value is -3.57. The molecular weight excluding hydrogens is 422 g/mol. The van der Waals surface area contributed by atoms with E-state index in [1.54, 1.807) is 0 Å². The minimum atomic E-state index is -4.67. The van der Waals surface area contributed by atoms with Crippen LogP contribution < -0.4 is 15.4 Å². The molecule has 2 N–H and O–H groups in total. The van der Waals surface area contributed by atoms with Crippen molar-refractivity contribution in [2.24, 2.45) is 4.99 Å². The van der Waals surface area contributed by atoms with Crippen LogP contribution in [0.1, 0.15) is 13.8 Å². The number of alkyl halides is 3. The van der Waals surface area contributed by atoms with E-state index in [4.69, 9.17) is 9.47 Å². The first-order valence-electron chi connectivity index (χ1n) is 8.96. The Morgan fingerprint density at radius 1 is 1.23 bits per heavy atom. The quantitative estimate of drug-likeness (QED) is 0.530. The Morgan fingerprint density at radius 3 is 2.55 bits per heavy atom. The maximum absolute atomic E-state index is 14.3. The third-order valence-corrected chi connectivity index (χ3v) is 4.36. The predicted molar refractivity (Wildman–Crippen MR) is 105 cm³/mol. The Bertz CT molecular complexity index is 1040. The largest absolute Gasteiger partial charge is 0.478 e. The predicted octanol–water partition coefficient (Wildman–Crippen LogP) is 3.38. The highest BCUT2D eigenvalue weighted by atomic mass is 19.4. The number of carbonyl (C=O) groups excluding carboxylic acids is 1. The number of anilines is 1. The molecular formula is C19H19F4N5O3. The molecule has 2 aromatic rings. The van der Waals surface area contributed by atoms with Gasteiger partial charge in [0.15, 0.2) is 11.4 Å². The molecule has 0 saturated heterocycles. The van der Waals surface area contributed by atoms with Crippen LogP contribution >= 0.6 is 0 Å². The van der Waals surface area contributed by atoms with Gasteiger partial charge in [-0.1, -0.05) is 0 Å². The summed E-state index contributed by atoms with van der Waals surface area (Å²) < 4.78 is 65.3. The molecule has 0 spiro atoms. The maximum Gasteiger partial charge on any atom is 0.427 e. The van der Waals surface area contributed by atoms with Crippen LogP contribution in [-0.2, 0) is 9.53 Å². The number of nitrogens with one attached hydrogen (secondary N) is 2. The Kier molecular flexibility index (Phi) is 5.91. The molecule has 2 heterocycles. The molecule has 0 saturated carbocycles. The first-order valence-corrected chi connectivity index (χ1v) is 8.96. The maximum atomic E-state index is 14.3. The SMILES string of the molecule is COC1=NC=C(n2nc(NC=O)cc2-c2cc(F)cc(OC(C)(C)C(F)(F)F)c2)CN1. The highest BCUT2D eigenvalue weighted by Gasteiger charge is 2.49. The van der Waals surface area contributed by atoms with E-state index in [0.29, 0.717) is 17.8 Å². The minimum absolute atomic E-state index is 0.148. The third-order valence-electron chi connectivity index (χ3n) is 4.36. The van der Waals surface area contributed by atoms with E-state index in [1.165, 1.54) is 30.1 Å². The van der Waals surface area contributed by atoms with Crippen LogP contribution in [0.5, 0.6) is 5.75 Å². The van der Waals surface area contributed by atoms with Gasteiger partial charge < -0.3 is 20.1 Å². The summed E-state index contributed by atoms with van der Waals surface area (Å²) in [7, 11) is 1.44. The fourth-order valence-corrected chi connectivity index (χ4v) is 2.70. The van der Waals surface area contributed by atoms with Gasteiger partial charge in [-0.2, -0.15) is 13.2 Å². The van der Waals surface area contributed by atoms with Crippen molar-refractivity contribution < 1.29 is 31.8 Å². The molecule has 0 unspecified atom stereocenters. The van der Waals surface area contributed by atoms with E-state index in [9.17, 15) is 22.4 Å². The normalized spacial score (nSPS) is 14.3. The second-order valence-electron chi connectivity index (χ2n) is 6.99. The summed E-state index contributed by atoms with van der Waals surface area (Å²) in [5.74, 6) is -0.973. The standard InChI is InChI=1S/C19H19F4N5O3/c1-18(2,19(21,22)23)31-14-5-11(4-12(20)6-14)15-7-16(26-10-29)27-28(15)13-8-24-17(30-3)25-9-13/h4-8,10H,9H2,1-3H3,(H,24,25)(H,26,27,29). The average molecular weight is 441 g/mol. The summed E-state index contributed by atoms with van der Waals surface area (Å²) in [6, 6.07) is 4.96. The van der Waals surface area contributed by atoms with E-state index in [2.05, 4.69) is 20.7 Å². The lowest BCUT2D eigenvalue weighted by molar-refractivity contribution is -0.234. The van der Waals surface area contributed by atoms with Gasteiger partial charge >= 0.3 is 6.18 Å². The van der Waals surface area contributed by atoms with Gasteiger partial charge in [-0.05, 0) is 26.0 Å². The number of amidine groups is 1. The zero-order valence-electron chi connectivity index (χ0n) is 16.7. The number of ether oxygens (including phenoxy) is 2. The molecule has 0 bridgehead atoms. The molecule has 1 aliphatic heterocycles. The van der Waals surface area contributed by atoms with Crippen LogP contribution in [0.3, 0.4) is 0 Å². The van der Waals surface area contributed by atoms with Crippen molar-refractivity contribution in [2.75, 3.05) is 19.0 Å². The number of rotatable bonds is 6. The summed E-state index contributed by atoms with van der Waals surface area (Å²) in [4.78, 5) is 14.9. The molecule has 1 aromatic carbocycles. The van der Waals surface area contributed by atoms with Gasteiger partial charge in [-0.15, -0.1) is 5.10 Å². The number of amides is 1. The lowest BCUT2D eigenvalue weighted by Gasteiger charge is -2.29. The number of aromatic nitrogens is 2.